The number of hydrogen-bond acceptors (Lipinski definition) is 8. The van der Waals surface area contributed by atoms with Crippen molar-refractivity contribution in [3.8, 4) is 6.07 Å². The molecule has 3 aliphatic heterocycles. The Hall–Kier alpha value is -3.39. The number of nitrogen functional groups attached to an aromatic ring is 1. The number of thiophene rings is 1. The van der Waals surface area contributed by atoms with E-state index < -0.39 is 11.6 Å². The van der Waals surface area contributed by atoms with Crippen LogP contribution in [0, 0.1) is 17.1 Å². The maximum atomic E-state index is 16.4. The van der Waals surface area contributed by atoms with E-state index in [1.807, 2.05) is 19.9 Å². The third-order valence-electron chi connectivity index (χ3n) is 7.58. The standard InChI is InChI=1S/C26H24F2N6OS.C3H8.C2H6/c1-4-19(27)24-21(15(6-29)25(30)36-24)12(2)20-18-11-35-10-17(18)16-7-31-26(32-23(16)22(20)28)34-9-13-5-14(34)8-33(13)3;1-3-2;1-2/h4,7,13-14H,2,5,8-11,30H2,1,3H3;3H2,1-2H3;1-2H3/b19-4+;;/t13-,14?;;/m0../s1. The zero-order valence-corrected chi connectivity index (χ0v) is 25.5. The summed E-state index contributed by atoms with van der Waals surface area (Å²) in [6.45, 7) is 16.1. The minimum absolute atomic E-state index is 0.0877. The molecule has 10 heteroatoms. The maximum Gasteiger partial charge on any atom is 0.226 e. The summed E-state index contributed by atoms with van der Waals surface area (Å²) in [5.74, 6) is -0.627. The number of halogens is 2. The molecule has 1 unspecified atom stereocenters. The van der Waals surface area contributed by atoms with Crippen LogP contribution in [0.15, 0.2) is 18.9 Å². The number of likely N-dealkylation sites (tertiary alicyclic amines) is 1. The van der Waals surface area contributed by atoms with Crippen LogP contribution in [0.25, 0.3) is 22.3 Å². The molecule has 2 bridgehead atoms. The van der Waals surface area contributed by atoms with E-state index in [-0.39, 0.29) is 50.9 Å². The molecule has 3 aromatic rings. The summed E-state index contributed by atoms with van der Waals surface area (Å²) < 4.78 is 36.9. The van der Waals surface area contributed by atoms with Gasteiger partial charge < -0.3 is 15.4 Å². The van der Waals surface area contributed by atoms with Gasteiger partial charge in [0, 0.05) is 47.9 Å². The van der Waals surface area contributed by atoms with Gasteiger partial charge in [-0.2, -0.15) is 5.26 Å². The first kappa shape index (κ1) is 30.6. The molecule has 0 saturated carbocycles. The van der Waals surface area contributed by atoms with Crippen LogP contribution in [0.1, 0.15) is 80.2 Å². The number of likely N-dealkylation sites (N-methyl/N-ethyl adjacent to an activating group) is 1. The number of rotatable bonds is 4. The van der Waals surface area contributed by atoms with Gasteiger partial charge in [0.15, 0.2) is 5.82 Å². The molecule has 0 radical (unpaired) electrons. The van der Waals surface area contributed by atoms with Gasteiger partial charge >= 0.3 is 0 Å². The van der Waals surface area contributed by atoms with E-state index in [1.54, 1.807) is 13.1 Å². The van der Waals surface area contributed by atoms with E-state index in [1.165, 1.54) is 12.5 Å². The quantitative estimate of drug-likeness (QED) is 0.354. The van der Waals surface area contributed by atoms with Crippen molar-refractivity contribution < 1.29 is 13.5 Å². The van der Waals surface area contributed by atoms with Crippen molar-refractivity contribution in [3.63, 3.8) is 0 Å². The second-order valence-electron chi connectivity index (χ2n) is 10.2. The summed E-state index contributed by atoms with van der Waals surface area (Å²) in [6, 6.07) is 2.78. The molecule has 6 rings (SSSR count). The third kappa shape index (κ3) is 5.23. The number of hydrogen-bond donors (Lipinski definition) is 1. The van der Waals surface area contributed by atoms with Crippen LogP contribution in [0.5, 0.6) is 0 Å². The molecule has 2 aromatic heterocycles. The molecular weight excluding hydrogens is 542 g/mol. The molecule has 218 valence electrons. The summed E-state index contributed by atoms with van der Waals surface area (Å²) in [5.41, 5.74) is 8.28. The van der Waals surface area contributed by atoms with Crippen molar-refractivity contribution in [3.05, 3.63) is 57.4 Å². The zero-order chi connectivity index (χ0) is 30.0. The van der Waals surface area contributed by atoms with E-state index in [0.29, 0.717) is 29.0 Å². The Labute approximate surface area is 244 Å². The van der Waals surface area contributed by atoms with Gasteiger partial charge in [0.2, 0.25) is 5.95 Å². The Bertz CT molecular complexity index is 1540. The normalized spacial score (nSPS) is 19.4. The molecule has 3 aliphatic rings. The van der Waals surface area contributed by atoms with Crippen molar-refractivity contribution in [1.82, 2.24) is 14.9 Å². The number of fused-ring (bicyclic) bond motifs is 5. The first-order valence-corrected chi connectivity index (χ1v) is 15.0. The number of nitriles is 1. The maximum absolute atomic E-state index is 16.4. The molecule has 2 fully saturated rings. The van der Waals surface area contributed by atoms with Gasteiger partial charge in [-0.1, -0.05) is 46.8 Å². The van der Waals surface area contributed by atoms with E-state index in [2.05, 4.69) is 47.2 Å². The predicted octanol–water partition coefficient (Wildman–Crippen LogP) is 7.04. The Kier molecular flexibility index (Phi) is 9.42. The Morgan fingerprint density at radius 2 is 1.93 bits per heavy atom. The number of anilines is 2. The average molecular weight is 581 g/mol. The molecule has 7 nitrogen and oxygen atoms in total. The average Bonchev–Trinajstić information content (AvgIpc) is 3.77. The lowest BCUT2D eigenvalue weighted by molar-refractivity contribution is 0.134. The highest BCUT2D eigenvalue weighted by Gasteiger charge is 2.42. The zero-order valence-electron chi connectivity index (χ0n) is 24.6. The topological polar surface area (TPSA) is 91.3 Å². The number of allylic oxidation sites excluding steroid dienone is 1. The lowest BCUT2D eigenvalue weighted by Gasteiger charge is -2.32. The number of piperazine rings is 1. The number of aromatic nitrogens is 2. The van der Waals surface area contributed by atoms with Gasteiger partial charge in [-0.3, -0.25) is 4.90 Å². The smallest absolute Gasteiger partial charge is 0.226 e. The summed E-state index contributed by atoms with van der Waals surface area (Å²) >= 11 is 0.951. The molecular formula is C31H38F2N6OS. The number of benzene rings is 1. The number of nitrogens with zero attached hydrogens (tertiary/aromatic N) is 5. The molecule has 2 N–H and O–H groups in total. The van der Waals surface area contributed by atoms with Crippen LogP contribution in [0.4, 0.5) is 19.7 Å². The molecule has 1 aromatic carbocycles. The van der Waals surface area contributed by atoms with Gasteiger partial charge in [0.25, 0.3) is 0 Å². The summed E-state index contributed by atoms with van der Waals surface area (Å²) in [7, 11) is 2.11. The molecule has 0 spiro atoms. The molecule has 0 aliphatic carbocycles. The molecule has 0 amide bonds. The lowest BCUT2D eigenvalue weighted by atomic mass is 9.89. The van der Waals surface area contributed by atoms with Crippen molar-refractivity contribution >= 4 is 44.6 Å². The highest BCUT2D eigenvalue weighted by atomic mass is 32.1. The van der Waals surface area contributed by atoms with E-state index in [9.17, 15) is 9.65 Å². The summed E-state index contributed by atoms with van der Waals surface area (Å²) in [5, 5.41) is 10.5. The van der Waals surface area contributed by atoms with Crippen LogP contribution in [0.2, 0.25) is 0 Å². The Morgan fingerprint density at radius 1 is 1.24 bits per heavy atom. The number of ether oxygens (including phenoxy) is 1. The van der Waals surface area contributed by atoms with E-state index >= 15 is 4.39 Å². The van der Waals surface area contributed by atoms with Crippen molar-refractivity contribution in [2.24, 2.45) is 0 Å². The van der Waals surface area contributed by atoms with Gasteiger partial charge in [0.05, 0.1) is 23.7 Å². The van der Waals surface area contributed by atoms with E-state index in [0.717, 1.165) is 36.4 Å². The largest absolute Gasteiger partial charge is 0.389 e. The van der Waals surface area contributed by atoms with E-state index in [4.69, 9.17) is 10.5 Å². The fourth-order valence-corrected chi connectivity index (χ4v) is 6.75. The minimum atomic E-state index is -0.579. The van der Waals surface area contributed by atoms with Gasteiger partial charge in [-0.15, -0.1) is 11.3 Å². The van der Waals surface area contributed by atoms with Gasteiger partial charge in [-0.25, -0.2) is 18.7 Å². The monoisotopic (exact) mass is 580 g/mol. The molecule has 2 saturated heterocycles. The highest BCUT2D eigenvalue weighted by Crippen LogP contribution is 2.45. The van der Waals surface area contributed by atoms with Crippen molar-refractivity contribution in [1.29, 1.82) is 5.26 Å². The van der Waals surface area contributed by atoms with Crippen LogP contribution in [0.3, 0.4) is 0 Å². The van der Waals surface area contributed by atoms with Crippen LogP contribution >= 0.6 is 11.3 Å². The van der Waals surface area contributed by atoms with Crippen LogP contribution < -0.4 is 10.6 Å². The summed E-state index contributed by atoms with van der Waals surface area (Å²) in [6.07, 6.45) is 5.25. The van der Waals surface area contributed by atoms with Crippen molar-refractivity contribution in [2.75, 3.05) is 30.8 Å². The highest BCUT2D eigenvalue weighted by molar-refractivity contribution is 7.17. The Morgan fingerprint density at radius 3 is 2.51 bits per heavy atom. The predicted molar refractivity (Wildman–Crippen MR) is 164 cm³/mol. The lowest BCUT2D eigenvalue weighted by Crippen LogP contribution is -2.45. The fourth-order valence-electron chi connectivity index (χ4n) is 5.74. The molecule has 41 heavy (non-hydrogen) atoms. The fraction of sp³-hybridized carbons (Fsp3) is 0.452. The van der Waals surface area contributed by atoms with Gasteiger partial charge in [-0.05, 0) is 37.1 Å². The first-order valence-electron chi connectivity index (χ1n) is 14.1. The molecule has 5 heterocycles. The second-order valence-corrected chi connectivity index (χ2v) is 11.2. The third-order valence-corrected chi connectivity index (χ3v) is 8.61. The summed E-state index contributed by atoms with van der Waals surface area (Å²) in [4.78, 5) is 13.9. The van der Waals surface area contributed by atoms with Crippen LogP contribution in [-0.2, 0) is 18.0 Å². The Balaban J connectivity index is 0.000000728. The van der Waals surface area contributed by atoms with Gasteiger partial charge in [0.1, 0.15) is 22.4 Å². The second kappa shape index (κ2) is 12.6. The van der Waals surface area contributed by atoms with Crippen LogP contribution in [-0.4, -0.2) is 47.1 Å². The minimum Gasteiger partial charge on any atom is -0.389 e. The van der Waals surface area contributed by atoms with Crippen molar-refractivity contribution in [2.45, 2.75) is 72.8 Å². The molecule has 2 atom stereocenters. The SMILES string of the molecule is C=C(c1c(/C(F)=C\C)sc(N)c1C#N)c1c2c(c3cnc(N4C[C@@H]5CC4CN5C)nc3c1F)COC2.CC.CCC. The number of nitrogens with two attached hydrogens (primary N) is 1. The first-order chi connectivity index (χ1) is 19.7.